The summed E-state index contributed by atoms with van der Waals surface area (Å²) in [6, 6.07) is 10.7. The maximum atomic E-state index is 11.4. The lowest BCUT2D eigenvalue weighted by Crippen LogP contribution is -2.07. The average molecular weight is 364 g/mol. The summed E-state index contributed by atoms with van der Waals surface area (Å²) in [6.07, 6.45) is 5.61. The molecular formula is C21H24N4O2. The number of aryl methyl sites for hydroxylation is 2. The fourth-order valence-corrected chi connectivity index (χ4v) is 3.03. The molecule has 0 saturated carbocycles. The predicted molar refractivity (Wildman–Crippen MR) is 104 cm³/mol. The number of aromatic carboxylic acids is 1. The van der Waals surface area contributed by atoms with E-state index in [0.29, 0.717) is 17.8 Å². The molecule has 0 fully saturated rings. The van der Waals surface area contributed by atoms with Crippen molar-refractivity contribution in [1.82, 2.24) is 19.7 Å². The Labute approximate surface area is 158 Å². The van der Waals surface area contributed by atoms with Crippen LogP contribution in [0.3, 0.4) is 0 Å². The molecule has 3 aromatic rings. The molecule has 27 heavy (non-hydrogen) atoms. The number of nitrogens with zero attached hydrogens (tertiary/aromatic N) is 4. The van der Waals surface area contributed by atoms with Gasteiger partial charge < -0.3 is 5.11 Å². The summed E-state index contributed by atoms with van der Waals surface area (Å²) in [4.78, 5) is 20.5. The first-order valence-corrected chi connectivity index (χ1v) is 9.32. The van der Waals surface area contributed by atoms with Crippen LogP contribution in [0.5, 0.6) is 0 Å². The Bertz CT molecular complexity index is 916. The van der Waals surface area contributed by atoms with E-state index >= 15 is 0 Å². The summed E-state index contributed by atoms with van der Waals surface area (Å²) in [5.41, 5.74) is 2.53. The zero-order valence-corrected chi connectivity index (χ0v) is 15.7. The van der Waals surface area contributed by atoms with Gasteiger partial charge in [0.15, 0.2) is 5.82 Å². The third-order valence-electron chi connectivity index (χ3n) is 4.33. The molecule has 2 aromatic heterocycles. The van der Waals surface area contributed by atoms with Gasteiger partial charge in [-0.1, -0.05) is 38.1 Å². The second-order valence-corrected chi connectivity index (χ2v) is 6.50. The van der Waals surface area contributed by atoms with Gasteiger partial charge in [-0.05, 0) is 30.5 Å². The summed E-state index contributed by atoms with van der Waals surface area (Å²) in [7, 11) is 0. The summed E-state index contributed by atoms with van der Waals surface area (Å²) in [5, 5.41) is 14.0. The number of carbonyl (C=O) groups is 1. The van der Waals surface area contributed by atoms with Gasteiger partial charge in [-0.15, -0.1) is 0 Å². The summed E-state index contributed by atoms with van der Waals surface area (Å²) in [5.74, 6) is 0.939. The molecule has 0 amide bonds. The number of rotatable bonds is 8. The van der Waals surface area contributed by atoms with Crippen LogP contribution in [0.25, 0.3) is 11.3 Å². The van der Waals surface area contributed by atoms with E-state index in [2.05, 4.69) is 28.9 Å². The molecule has 140 valence electrons. The maximum Gasteiger partial charge on any atom is 0.336 e. The van der Waals surface area contributed by atoms with E-state index in [1.165, 1.54) is 0 Å². The topological polar surface area (TPSA) is 80.9 Å². The highest BCUT2D eigenvalue weighted by Gasteiger charge is 2.13. The molecular weight excluding hydrogens is 340 g/mol. The maximum absolute atomic E-state index is 11.4. The minimum Gasteiger partial charge on any atom is -0.478 e. The Hall–Kier alpha value is -3.02. The lowest BCUT2D eigenvalue weighted by molar-refractivity contribution is 0.0697. The molecule has 0 unspecified atom stereocenters. The standard InChI is InChI=1S/C21H24N4O2/c1-3-7-19-23-20(8-4-2)25(24-19)14-15-11-12-18(22-13-15)16-9-5-6-10-17(16)21(26)27/h5-6,9-13H,3-4,7-8,14H2,1-2H3,(H,26,27). The molecule has 6 nitrogen and oxygen atoms in total. The van der Waals surface area contributed by atoms with Gasteiger partial charge in [0.05, 0.1) is 17.8 Å². The zero-order chi connectivity index (χ0) is 19.2. The first-order valence-electron chi connectivity index (χ1n) is 9.32. The highest BCUT2D eigenvalue weighted by atomic mass is 16.4. The lowest BCUT2D eigenvalue weighted by Gasteiger charge is -2.08. The lowest BCUT2D eigenvalue weighted by atomic mass is 10.0. The number of carboxylic acids is 1. The molecule has 0 aliphatic carbocycles. The van der Waals surface area contributed by atoms with Gasteiger partial charge in [-0.3, -0.25) is 4.98 Å². The number of hydrogen-bond acceptors (Lipinski definition) is 4. The predicted octanol–water partition coefficient (Wildman–Crippen LogP) is 3.99. The molecule has 1 aromatic carbocycles. The number of benzene rings is 1. The van der Waals surface area contributed by atoms with E-state index in [-0.39, 0.29) is 5.56 Å². The van der Waals surface area contributed by atoms with Crippen LogP contribution in [0.4, 0.5) is 0 Å². The molecule has 0 atom stereocenters. The minimum absolute atomic E-state index is 0.253. The quantitative estimate of drug-likeness (QED) is 0.653. The molecule has 3 rings (SSSR count). The fraction of sp³-hybridized carbons (Fsp3) is 0.333. The Morgan fingerprint density at radius 2 is 1.85 bits per heavy atom. The van der Waals surface area contributed by atoms with Gasteiger partial charge in [0.25, 0.3) is 0 Å². The van der Waals surface area contributed by atoms with Crippen LogP contribution in [0.2, 0.25) is 0 Å². The van der Waals surface area contributed by atoms with E-state index in [4.69, 9.17) is 0 Å². The van der Waals surface area contributed by atoms with Crippen LogP contribution < -0.4 is 0 Å². The Kier molecular flexibility index (Phi) is 5.96. The normalized spacial score (nSPS) is 10.9. The largest absolute Gasteiger partial charge is 0.478 e. The molecule has 0 aliphatic heterocycles. The second-order valence-electron chi connectivity index (χ2n) is 6.50. The highest BCUT2D eigenvalue weighted by molar-refractivity contribution is 5.95. The fourth-order valence-electron chi connectivity index (χ4n) is 3.03. The van der Waals surface area contributed by atoms with Crippen molar-refractivity contribution in [3.05, 3.63) is 65.4 Å². The summed E-state index contributed by atoms with van der Waals surface area (Å²) in [6.45, 7) is 4.87. The summed E-state index contributed by atoms with van der Waals surface area (Å²) >= 11 is 0. The van der Waals surface area contributed by atoms with Gasteiger partial charge in [-0.25, -0.2) is 14.5 Å². The van der Waals surface area contributed by atoms with Crippen LogP contribution in [-0.4, -0.2) is 30.8 Å². The van der Waals surface area contributed by atoms with Gasteiger partial charge in [0.1, 0.15) is 5.82 Å². The Morgan fingerprint density at radius 3 is 2.52 bits per heavy atom. The van der Waals surface area contributed by atoms with Crippen molar-refractivity contribution in [2.45, 2.75) is 46.1 Å². The van der Waals surface area contributed by atoms with Crippen molar-refractivity contribution >= 4 is 5.97 Å². The number of pyridine rings is 1. The molecule has 0 spiro atoms. The molecule has 2 heterocycles. The van der Waals surface area contributed by atoms with Crippen molar-refractivity contribution in [2.24, 2.45) is 0 Å². The van der Waals surface area contributed by atoms with Gasteiger partial charge in [0.2, 0.25) is 0 Å². The smallest absolute Gasteiger partial charge is 0.336 e. The second kappa shape index (κ2) is 8.58. The van der Waals surface area contributed by atoms with Gasteiger partial charge in [-0.2, -0.15) is 5.10 Å². The van der Waals surface area contributed by atoms with Gasteiger partial charge >= 0.3 is 5.97 Å². The van der Waals surface area contributed by atoms with Crippen LogP contribution in [0.1, 0.15) is 54.3 Å². The number of carboxylic acid groups (broad SMARTS) is 1. The molecule has 0 bridgehead atoms. The SMILES string of the molecule is CCCc1nc(CCC)n(Cc2ccc(-c3ccccc3C(=O)O)nc2)n1. The highest BCUT2D eigenvalue weighted by Crippen LogP contribution is 2.22. The van der Waals surface area contributed by atoms with Crippen molar-refractivity contribution < 1.29 is 9.90 Å². The summed E-state index contributed by atoms with van der Waals surface area (Å²) < 4.78 is 1.95. The molecule has 6 heteroatoms. The Balaban J connectivity index is 1.84. The van der Waals surface area contributed by atoms with E-state index in [9.17, 15) is 9.90 Å². The van der Waals surface area contributed by atoms with Crippen LogP contribution >= 0.6 is 0 Å². The van der Waals surface area contributed by atoms with Crippen LogP contribution in [-0.2, 0) is 19.4 Å². The molecule has 1 N–H and O–H groups in total. The molecule has 0 saturated heterocycles. The van der Waals surface area contributed by atoms with Crippen molar-refractivity contribution in [2.75, 3.05) is 0 Å². The third-order valence-corrected chi connectivity index (χ3v) is 4.33. The Morgan fingerprint density at radius 1 is 1.07 bits per heavy atom. The zero-order valence-electron chi connectivity index (χ0n) is 15.7. The monoisotopic (exact) mass is 364 g/mol. The average Bonchev–Trinajstić information content (AvgIpc) is 3.04. The van der Waals surface area contributed by atoms with Crippen molar-refractivity contribution in [1.29, 1.82) is 0 Å². The molecule has 0 aliphatic rings. The number of aromatic nitrogens is 4. The first kappa shape index (κ1) is 18.8. The van der Waals surface area contributed by atoms with Crippen LogP contribution in [0.15, 0.2) is 42.6 Å². The van der Waals surface area contributed by atoms with Crippen molar-refractivity contribution in [3.63, 3.8) is 0 Å². The number of hydrogen-bond donors (Lipinski definition) is 1. The van der Waals surface area contributed by atoms with E-state index in [1.807, 2.05) is 22.9 Å². The third kappa shape index (κ3) is 4.39. The van der Waals surface area contributed by atoms with E-state index < -0.39 is 5.97 Å². The molecule has 0 radical (unpaired) electrons. The van der Waals surface area contributed by atoms with Gasteiger partial charge in [0, 0.05) is 24.6 Å². The van der Waals surface area contributed by atoms with Crippen LogP contribution in [0, 0.1) is 0 Å². The van der Waals surface area contributed by atoms with E-state index in [0.717, 1.165) is 42.9 Å². The first-order chi connectivity index (χ1) is 13.1. The minimum atomic E-state index is -0.952. The van der Waals surface area contributed by atoms with E-state index in [1.54, 1.807) is 24.4 Å². The van der Waals surface area contributed by atoms with Crippen molar-refractivity contribution in [3.8, 4) is 11.3 Å².